The minimum atomic E-state index is -4.56. The third kappa shape index (κ3) is 3.91. The second-order valence-electron chi connectivity index (χ2n) is 3.57. The van der Waals surface area contributed by atoms with E-state index in [2.05, 4.69) is 10.6 Å². The summed E-state index contributed by atoms with van der Waals surface area (Å²) < 4.78 is 36.0. The first-order valence-corrected chi connectivity index (χ1v) is 4.71. The Hall–Kier alpha value is -1.04. The molecule has 1 rings (SSSR count). The number of halogens is 3. The highest BCUT2D eigenvalue weighted by atomic mass is 19.4. The number of hydrogen-bond acceptors (Lipinski definition) is 3. The molecule has 1 aliphatic heterocycles. The van der Waals surface area contributed by atoms with Crippen LogP contribution < -0.4 is 10.6 Å². The molecular weight excluding hydrogens is 207 g/mol. The molecule has 1 atom stereocenters. The lowest BCUT2D eigenvalue weighted by molar-refractivity contribution is -0.0584. The van der Waals surface area contributed by atoms with Crippen LogP contribution in [0.2, 0.25) is 0 Å². The topological polar surface area (TPSA) is 47.9 Å². The van der Waals surface area contributed by atoms with Crippen LogP contribution in [0.3, 0.4) is 0 Å². The molecule has 0 saturated carbocycles. The van der Waals surface area contributed by atoms with Gasteiger partial charge < -0.3 is 10.6 Å². The third-order valence-corrected chi connectivity index (χ3v) is 2.16. The van der Waals surface area contributed by atoms with E-state index < -0.39 is 11.9 Å². The number of rotatable bonds is 3. The molecule has 1 fully saturated rings. The number of hydrogen-bond donors (Lipinski definition) is 3. The van der Waals surface area contributed by atoms with E-state index in [-0.39, 0.29) is 6.04 Å². The van der Waals surface area contributed by atoms with E-state index in [4.69, 9.17) is 5.41 Å². The number of alkyl halides is 3. The van der Waals surface area contributed by atoms with Crippen LogP contribution in [-0.2, 0) is 0 Å². The lowest BCUT2D eigenvalue weighted by Gasteiger charge is -2.13. The fraction of sp³-hybridized carbons (Fsp3) is 0.667. The van der Waals surface area contributed by atoms with Gasteiger partial charge in [0.15, 0.2) is 0 Å². The van der Waals surface area contributed by atoms with Crippen molar-refractivity contribution < 1.29 is 13.2 Å². The predicted molar refractivity (Wildman–Crippen MR) is 51.9 cm³/mol. The van der Waals surface area contributed by atoms with E-state index in [1.54, 1.807) is 6.92 Å². The van der Waals surface area contributed by atoms with Crippen LogP contribution in [0.5, 0.6) is 0 Å². The first-order chi connectivity index (χ1) is 6.89. The zero-order valence-electron chi connectivity index (χ0n) is 8.41. The van der Waals surface area contributed by atoms with Crippen molar-refractivity contribution in [3.05, 3.63) is 11.8 Å². The summed E-state index contributed by atoms with van der Waals surface area (Å²) in [4.78, 5) is 0. The van der Waals surface area contributed by atoms with Crippen molar-refractivity contribution in [2.75, 3.05) is 13.1 Å². The van der Waals surface area contributed by atoms with Crippen molar-refractivity contribution in [2.24, 2.45) is 0 Å². The molecule has 0 aromatic rings. The van der Waals surface area contributed by atoms with Gasteiger partial charge in [-0.15, -0.1) is 0 Å². The van der Waals surface area contributed by atoms with Gasteiger partial charge in [0.2, 0.25) is 0 Å². The number of allylic oxidation sites excluding steroid dienone is 2. The van der Waals surface area contributed by atoms with Gasteiger partial charge in [-0.2, -0.15) is 13.2 Å². The van der Waals surface area contributed by atoms with Gasteiger partial charge in [-0.05, 0) is 26.0 Å². The van der Waals surface area contributed by atoms with Crippen LogP contribution in [0.25, 0.3) is 0 Å². The molecule has 1 aliphatic rings. The van der Waals surface area contributed by atoms with Crippen LogP contribution in [0.1, 0.15) is 13.3 Å². The Morgan fingerprint density at radius 1 is 1.53 bits per heavy atom. The zero-order valence-corrected chi connectivity index (χ0v) is 8.41. The Labute approximate surface area is 86.2 Å². The maximum Gasteiger partial charge on any atom is 0.432 e. The van der Waals surface area contributed by atoms with Crippen LogP contribution in [-0.4, -0.2) is 31.0 Å². The van der Waals surface area contributed by atoms with Crippen LogP contribution >= 0.6 is 0 Å². The van der Waals surface area contributed by atoms with Crippen molar-refractivity contribution in [1.82, 2.24) is 10.6 Å². The molecule has 0 spiro atoms. The molecule has 1 heterocycles. The average Bonchev–Trinajstić information content (AvgIpc) is 2.54. The summed E-state index contributed by atoms with van der Waals surface area (Å²) in [6.45, 7) is 3.17. The summed E-state index contributed by atoms with van der Waals surface area (Å²) in [6, 6.07) is 0.169. The van der Waals surface area contributed by atoms with Gasteiger partial charge in [0.1, 0.15) is 5.71 Å². The Balaban J connectivity index is 2.48. The van der Waals surface area contributed by atoms with Crippen LogP contribution in [0.15, 0.2) is 11.8 Å². The minimum Gasteiger partial charge on any atom is -0.384 e. The maximum absolute atomic E-state index is 12.0. The summed E-state index contributed by atoms with van der Waals surface area (Å²) in [5, 5.41) is 12.8. The van der Waals surface area contributed by atoms with Crippen molar-refractivity contribution in [3.8, 4) is 0 Å². The molecule has 0 aromatic carbocycles. The van der Waals surface area contributed by atoms with Gasteiger partial charge in [-0.25, -0.2) is 0 Å². The van der Waals surface area contributed by atoms with E-state index in [0.717, 1.165) is 25.6 Å². The van der Waals surface area contributed by atoms with Crippen molar-refractivity contribution in [1.29, 1.82) is 5.41 Å². The molecule has 0 amide bonds. The minimum absolute atomic E-state index is 0.169. The summed E-state index contributed by atoms with van der Waals surface area (Å²) in [5.74, 6) is 0. The van der Waals surface area contributed by atoms with Crippen molar-refractivity contribution in [3.63, 3.8) is 0 Å². The van der Waals surface area contributed by atoms with Crippen LogP contribution in [0, 0.1) is 5.41 Å². The Morgan fingerprint density at radius 2 is 2.20 bits per heavy atom. The SMILES string of the molecule is C/C(=C/C(=N)C(F)(F)F)NC1CCNC1. The Bertz CT molecular complexity index is 264. The van der Waals surface area contributed by atoms with Crippen molar-refractivity contribution in [2.45, 2.75) is 25.6 Å². The molecule has 0 radical (unpaired) electrons. The maximum atomic E-state index is 12.0. The van der Waals surface area contributed by atoms with E-state index >= 15 is 0 Å². The van der Waals surface area contributed by atoms with E-state index in [9.17, 15) is 13.2 Å². The highest BCUT2D eigenvalue weighted by Gasteiger charge is 2.32. The predicted octanol–water partition coefficient (Wildman–Crippen LogP) is 1.42. The monoisotopic (exact) mass is 221 g/mol. The molecule has 0 bridgehead atoms. The molecule has 0 aromatic heterocycles. The first-order valence-electron chi connectivity index (χ1n) is 4.71. The molecule has 3 N–H and O–H groups in total. The summed E-state index contributed by atoms with van der Waals surface area (Å²) in [7, 11) is 0. The quantitative estimate of drug-likeness (QED) is 0.631. The Morgan fingerprint density at radius 3 is 2.67 bits per heavy atom. The van der Waals surface area contributed by atoms with Crippen LogP contribution in [0.4, 0.5) is 13.2 Å². The molecule has 15 heavy (non-hydrogen) atoms. The zero-order chi connectivity index (χ0) is 11.5. The summed E-state index contributed by atoms with van der Waals surface area (Å²) >= 11 is 0. The summed E-state index contributed by atoms with van der Waals surface area (Å²) in [5.41, 5.74) is -0.940. The number of nitrogens with one attached hydrogen (secondary N) is 3. The average molecular weight is 221 g/mol. The highest BCUT2D eigenvalue weighted by molar-refractivity contribution is 5.97. The molecule has 3 nitrogen and oxygen atoms in total. The third-order valence-electron chi connectivity index (χ3n) is 2.16. The van der Waals surface area contributed by atoms with Gasteiger partial charge in [-0.3, -0.25) is 5.41 Å². The fourth-order valence-electron chi connectivity index (χ4n) is 1.44. The van der Waals surface area contributed by atoms with E-state index in [0.29, 0.717) is 5.70 Å². The standard InChI is InChI=1S/C9H14F3N3/c1-6(4-8(13)9(10,11)12)15-7-2-3-14-5-7/h4,7,13-15H,2-3,5H2,1H3/b6-4-,13-8?. The second-order valence-corrected chi connectivity index (χ2v) is 3.57. The normalized spacial score (nSPS) is 22.9. The first kappa shape index (κ1) is 12.0. The van der Waals surface area contributed by atoms with E-state index in [1.165, 1.54) is 0 Å². The highest BCUT2D eigenvalue weighted by Crippen LogP contribution is 2.17. The van der Waals surface area contributed by atoms with Gasteiger partial charge in [-0.1, -0.05) is 0 Å². The molecule has 0 aliphatic carbocycles. The molecule has 6 heteroatoms. The van der Waals surface area contributed by atoms with Gasteiger partial charge in [0.25, 0.3) is 0 Å². The molecule has 1 unspecified atom stereocenters. The fourth-order valence-corrected chi connectivity index (χ4v) is 1.44. The lowest BCUT2D eigenvalue weighted by Crippen LogP contribution is -2.30. The molecule has 86 valence electrons. The largest absolute Gasteiger partial charge is 0.432 e. The van der Waals surface area contributed by atoms with Gasteiger partial charge in [0.05, 0.1) is 0 Å². The molecular formula is C9H14F3N3. The smallest absolute Gasteiger partial charge is 0.384 e. The van der Waals surface area contributed by atoms with E-state index in [1.807, 2.05) is 0 Å². The van der Waals surface area contributed by atoms with Crippen molar-refractivity contribution >= 4 is 5.71 Å². The van der Waals surface area contributed by atoms with Gasteiger partial charge in [0, 0.05) is 18.3 Å². The molecule has 1 saturated heterocycles. The Kier molecular flexibility index (Phi) is 3.73. The van der Waals surface area contributed by atoms with Gasteiger partial charge >= 0.3 is 6.18 Å². The lowest BCUT2D eigenvalue weighted by atomic mass is 10.2. The second kappa shape index (κ2) is 4.65. The summed E-state index contributed by atoms with van der Waals surface area (Å²) in [6.07, 6.45) is -2.85.